The van der Waals surface area contributed by atoms with Crippen LogP contribution >= 0.6 is 11.6 Å². The van der Waals surface area contributed by atoms with E-state index in [1.165, 1.54) is 0 Å². The number of amides is 1. The van der Waals surface area contributed by atoms with Crippen molar-refractivity contribution in [1.29, 1.82) is 0 Å². The molecule has 0 spiro atoms. The molecule has 3 aromatic rings. The SMILES string of the molecule is CNC(=O)c1ncc(N2CCN(Cc3cnc4cc(C5CC5)c(=O)[nH]c4c3)C[C@H]2C)cc1Cl. The Morgan fingerprint density at radius 1 is 1.21 bits per heavy atom. The van der Waals surface area contributed by atoms with Crippen molar-refractivity contribution in [2.24, 2.45) is 0 Å². The van der Waals surface area contributed by atoms with Crippen molar-refractivity contribution in [1.82, 2.24) is 25.2 Å². The minimum Gasteiger partial charge on any atom is -0.365 e. The number of pyridine rings is 3. The van der Waals surface area contributed by atoms with Crippen molar-refractivity contribution in [3.05, 3.63) is 62.8 Å². The van der Waals surface area contributed by atoms with Crippen LogP contribution in [0.3, 0.4) is 0 Å². The molecule has 0 bridgehead atoms. The Labute approximate surface area is 197 Å². The van der Waals surface area contributed by atoms with E-state index in [9.17, 15) is 9.59 Å². The number of piperazine rings is 1. The van der Waals surface area contributed by atoms with Gasteiger partial charge in [-0.05, 0) is 49.4 Å². The van der Waals surface area contributed by atoms with Crippen molar-refractivity contribution < 1.29 is 4.79 Å². The standard InChI is InChI=1S/C24H27ClN6O2/c1-14-12-30(5-6-31(14)17-8-19(25)22(28-11-17)24(33)26-2)13-15-7-21-20(27-10-15)9-18(16-3-4-16)23(32)29-21/h7-11,14,16H,3-6,12-13H2,1-2H3,(H,26,33)(H,29,32)/t14-/m1/s1. The number of anilines is 1. The number of nitrogens with zero attached hydrogens (tertiary/aromatic N) is 4. The summed E-state index contributed by atoms with van der Waals surface area (Å²) in [4.78, 5) is 40.8. The van der Waals surface area contributed by atoms with Crippen LogP contribution in [0.1, 0.15) is 47.3 Å². The van der Waals surface area contributed by atoms with Crippen LogP contribution in [0.2, 0.25) is 5.02 Å². The van der Waals surface area contributed by atoms with Gasteiger partial charge in [-0.2, -0.15) is 0 Å². The molecule has 8 nitrogen and oxygen atoms in total. The van der Waals surface area contributed by atoms with Crippen molar-refractivity contribution in [2.45, 2.75) is 38.3 Å². The van der Waals surface area contributed by atoms with Gasteiger partial charge in [0.05, 0.1) is 27.9 Å². The van der Waals surface area contributed by atoms with Crippen LogP contribution < -0.4 is 15.8 Å². The molecule has 1 aliphatic carbocycles. The topological polar surface area (TPSA) is 94.2 Å². The third-order valence-electron chi connectivity index (χ3n) is 6.51. The van der Waals surface area contributed by atoms with E-state index >= 15 is 0 Å². The van der Waals surface area contributed by atoms with Gasteiger partial charge in [0, 0.05) is 51.0 Å². The van der Waals surface area contributed by atoms with Crippen LogP contribution in [-0.4, -0.2) is 58.5 Å². The minimum absolute atomic E-state index is 0.0147. The summed E-state index contributed by atoms with van der Waals surface area (Å²) < 4.78 is 0. The van der Waals surface area contributed by atoms with Gasteiger partial charge < -0.3 is 15.2 Å². The zero-order valence-electron chi connectivity index (χ0n) is 18.8. The molecule has 0 aromatic carbocycles. The average Bonchev–Trinajstić information content (AvgIpc) is 3.63. The predicted octanol–water partition coefficient (Wildman–Crippen LogP) is 2.92. The zero-order chi connectivity index (χ0) is 23.1. The Hall–Kier alpha value is -2.97. The van der Waals surface area contributed by atoms with E-state index in [0.717, 1.165) is 66.9 Å². The Balaban J connectivity index is 1.27. The number of carbonyl (C=O) groups is 1. The molecular formula is C24H27ClN6O2. The maximum absolute atomic E-state index is 12.4. The highest BCUT2D eigenvalue weighted by molar-refractivity contribution is 6.33. The van der Waals surface area contributed by atoms with Gasteiger partial charge in [0.1, 0.15) is 5.69 Å². The third kappa shape index (κ3) is 4.45. The normalized spacial score (nSPS) is 19.1. The van der Waals surface area contributed by atoms with Gasteiger partial charge >= 0.3 is 0 Å². The van der Waals surface area contributed by atoms with Gasteiger partial charge in [0.2, 0.25) is 0 Å². The van der Waals surface area contributed by atoms with E-state index in [4.69, 9.17) is 11.6 Å². The van der Waals surface area contributed by atoms with Crippen molar-refractivity contribution >= 4 is 34.2 Å². The molecule has 1 saturated heterocycles. The summed E-state index contributed by atoms with van der Waals surface area (Å²) in [5.41, 5.74) is 4.76. The number of halogens is 1. The second-order valence-corrected chi connectivity index (χ2v) is 9.39. The molecule has 33 heavy (non-hydrogen) atoms. The molecule has 9 heteroatoms. The zero-order valence-corrected chi connectivity index (χ0v) is 19.5. The molecule has 4 heterocycles. The van der Waals surface area contributed by atoms with Gasteiger partial charge in [-0.3, -0.25) is 19.5 Å². The molecule has 172 valence electrons. The maximum atomic E-state index is 12.4. The van der Waals surface area contributed by atoms with E-state index < -0.39 is 0 Å². The molecule has 1 saturated carbocycles. The van der Waals surface area contributed by atoms with E-state index in [1.54, 1.807) is 13.2 Å². The lowest BCUT2D eigenvalue weighted by Gasteiger charge is -2.41. The second-order valence-electron chi connectivity index (χ2n) is 8.99. The molecule has 2 aliphatic rings. The number of fused-ring (bicyclic) bond motifs is 1. The average molecular weight is 467 g/mol. The smallest absolute Gasteiger partial charge is 0.271 e. The fraction of sp³-hybridized carbons (Fsp3) is 0.417. The second kappa shape index (κ2) is 8.76. The van der Waals surface area contributed by atoms with Gasteiger partial charge in [-0.1, -0.05) is 11.6 Å². The number of hydrogen-bond acceptors (Lipinski definition) is 6. The van der Waals surface area contributed by atoms with Gasteiger partial charge in [-0.15, -0.1) is 0 Å². The van der Waals surface area contributed by atoms with E-state index in [0.29, 0.717) is 10.9 Å². The van der Waals surface area contributed by atoms with Crippen LogP contribution in [-0.2, 0) is 6.54 Å². The van der Waals surface area contributed by atoms with Gasteiger partial charge in [-0.25, -0.2) is 4.98 Å². The number of nitrogens with one attached hydrogen (secondary N) is 2. The quantitative estimate of drug-likeness (QED) is 0.600. The number of hydrogen-bond donors (Lipinski definition) is 2. The first kappa shape index (κ1) is 21.9. The molecule has 2 fully saturated rings. The first-order valence-electron chi connectivity index (χ1n) is 11.3. The Bertz CT molecular complexity index is 1270. The van der Waals surface area contributed by atoms with Crippen LogP contribution in [0.25, 0.3) is 11.0 Å². The van der Waals surface area contributed by atoms with Crippen molar-refractivity contribution in [2.75, 3.05) is 31.6 Å². The molecule has 1 amide bonds. The summed E-state index contributed by atoms with van der Waals surface area (Å²) >= 11 is 6.30. The molecule has 1 atom stereocenters. The summed E-state index contributed by atoms with van der Waals surface area (Å²) in [5.74, 6) is 0.112. The predicted molar refractivity (Wildman–Crippen MR) is 129 cm³/mol. The Morgan fingerprint density at radius 3 is 2.73 bits per heavy atom. The number of aromatic amines is 1. The van der Waals surface area contributed by atoms with E-state index in [1.807, 2.05) is 24.4 Å². The fourth-order valence-electron chi connectivity index (χ4n) is 4.61. The molecule has 5 rings (SSSR count). The summed E-state index contributed by atoms with van der Waals surface area (Å²) in [6.07, 6.45) is 5.81. The third-order valence-corrected chi connectivity index (χ3v) is 6.80. The molecule has 1 aliphatic heterocycles. The largest absolute Gasteiger partial charge is 0.365 e. The summed E-state index contributed by atoms with van der Waals surface area (Å²) in [7, 11) is 1.56. The highest BCUT2D eigenvalue weighted by Gasteiger charge is 2.27. The number of rotatable bonds is 5. The molecule has 2 N–H and O–H groups in total. The van der Waals surface area contributed by atoms with Crippen LogP contribution in [0.5, 0.6) is 0 Å². The lowest BCUT2D eigenvalue weighted by molar-refractivity contribution is 0.0958. The minimum atomic E-state index is -0.293. The van der Waals surface area contributed by atoms with Crippen molar-refractivity contribution in [3.8, 4) is 0 Å². The Kier molecular flexibility index (Phi) is 5.80. The molecular weight excluding hydrogens is 440 g/mol. The van der Waals surface area contributed by atoms with Crippen molar-refractivity contribution in [3.63, 3.8) is 0 Å². The molecule has 0 unspecified atom stereocenters. The van der Waals surface area contributed by atoms with Crippen LogP contribution in [0.15, 0.2) is 35.4 Å². The van der Waals surface area contributed by atoms with Gasteiger partial charge in [0.15, 0.2) is 0 Å². The number of aromatic nitrogens is 3. The molecule has 0 radical (unpaired) electrons. The van der Waals surface area contributed by atoms with E-state index in [2.05, 4.69) is 37.0 Å². The van der Waals surface area contributed by atoms with Crippen LogP contribution in [0.4, 0.5) is 5.69 Å². The fourth-order valence-corrected chi connectivity index (χ4v) is 4.86. The highest BCUT2D eigenvalue weighted by Crippen LogP contribution is 2.38. The Morgan fingerprint density at radius 2 is 2.03 bits per heavy atom. The number of carbonyl (C=O) groups excluding carboxylic acids is 1. The summed E-state index contributed by atoms with van der Waals surface area (Å²) in [6, 6.07) is 6.05. The first-order valence-corrected chi connectivity index (χ1v) is 11.7. The summed E-state index contributed by atoms with van der Waals surface area (Å²) in [5, 5.41) is 2.90. The monoisotopic (exact) mass is 466 g/mol. The summed E-state index contributed by atoms with van der Waals surface area (Å²) in [6.45, 7) is 5.49. The van der Waals surface area contributed by atoms with E-state index in [-0.39, 0.29) is 23.2 Å². The maximum Gasteiger partial charge on any atom is 0.271 e. The number of H-pyrrole nitrogens is 1. The first-order chi connectivity index (χ1) is 15.9. The lowest BCUT2D eigenvalue weighted by atomic mass is 10.1. The molecule has 3 aromatic heterocycles. The lowest BCUT2D eigenvalue weighted by Crippen LogP contribution is -2.51. The van der Waals surface area contributed by atoms with Crippen LogP contribution in [0, 0.1) is 0 Å². The highest BCUT2D eigenvalue weighted by atomic mass is 35.5. The van der Waals surface area contributed by atoms with Gasteiger partial charge in [0.25, 0.3) is 11.5 Å².